The molecule has 3 atom stereocenters. The van der Waals surface area contributed by atoms with Gasteiger partial charge in [-0.1, -0.05) is 26.0 Å². The number of hydrogen-bond donors (Lipinski definition) is 3. The normalized spacial score (nSPS) is 25.1. The standard InChI is InChI=1S/C23H31N3O6S2/c1-15(2)32-21(28)18(26-34(30,31)17-6-5-9-24-12-17)10-16-7-8-23(29,22(3,4)11-16)20(27)19-13-33-14-25-19/h5-9,11-12,15,18-19,25-26,29H,10,13-14H2,1-4H3/t18-,19-,23?/m0/s1. The molecule has 1 saturated heterocycles. The Morgan fingerprint density at radius 2 is 2.12 bits per heavy atom. The van der Waals surface area contributed by atoms with Crippen LogP contribution in [0.25, 0.3) is 0 Å². The van der Waals surface area contributed by atoms with Crippen LogP contribution in [0.4, 0.5) is 0 Å². The lowest BCUT2D eigenvalue weighted by molar-refractivity contribution is -0.149. The number of ketones is 1. The number of thioether (sulfide) groups is 1. The number of nitrogens with zero attached hydrogens (tertiary/aromatic N) is 1. The van der Waals surface area contributed by atoms with E-state index in [0.29, 0.717) is 17.2 Å². The van der Waals surface area contributed by atoms with Crippen LogP contribution in [0.5, 0.6) is 0 Å². The quantitative estimate of drug-likeness (QED) is 0.424. The Kier molecular flexibility index (Phi) is 8.03. The summed E-state index contributed by atoms with van der Waals surface area (Å²) in [4.78, 5) is 29.6. The molecule has 1 aromatic rings. The zero-order chi connectivity index (χ0) is 25.1. The van der Waals surface area contributed by atoms with Crippen LogP contribution >= 0.6 is 11.8 Å². The second kappa shape index (κ2) is 10.3. The van der Waals surface area contributed by atoms with Gasteiger partial charge in [-0.25, -0.2) is 8.42 Å². The van der Waals surface area contributed by atoms with E-state index < -0.39 is 45.2 Å². The molecular weight excluding hydrogens is 478 g/mol. The molecule has 2 aliphatic rings. The molecule has 0 saturated carbocycles. The smallest absolute Gasteiger partial charge is 0.324 e. The Bertz CT molecular complexity index is 1080. The largest absolute Gasteiger partial charge is 0.462 e. The van der Waals surface area contributed by atoms with Crippen molar-refractivity contribution in [2.24, 2.45) is 5.41 Å². The number of allylic oxidation sites excluding steroid dienone is 1. The molecule has 3 rings (SSSR count). The lowest BCUT2D eigenvalue weighted by Crippen LogP contribution is -2.56. The van der Waals surface area contributed by atoms with E-state index in [-0.39, 0.29) is 17.1 Å². The van der Waals surface area contributed by atoms with Gasteiger partial charge in [0.1, 0.15) is 10.9 Å². The summed E-state index contributed by atoms with van der Waals surface area (Å²) >= 11 is 1.59. The van der Waals surface area contributed by atoms with Gasteiger partial charge in [0.25, 0.3) is 0 Å². The summed E-state index contributed by atoms with van der Waals surface area (Å²) in [7, 11) is -4.05. The molecule has 1 aliphatic carbocycles. The van der Waals surface area contributed by atoms with E-state index in [1.54, 1.807) is 51.6 Å². The van der Waals surface area contributed by atoms with Crippen LogP contribution in [0.3, 0.4) is 0 Å². The lowest BCUT2D eigenvalue weighted by atomic mass is 9.67. The van der Waals surface area contributed by atoms with E-state index in [4.69, 9.17) is 4.74 Å². The number of sulfonamides is 1. The van der Waals surface area contributed by atoms with Crippen LogP contribution in [0.1, 0.15) is 34.1 Å². The summed E-state index contributed by atoms with van der Waals surface area (Å²) in [5.74, 6) is 0.191. The highest BCUT2D eigenvalue weighted by Crippen LogP contribution is 2.41. The van der Waals surface area contributed by atoms with Gasteiger partial charge in [-0.05, 0) is 44.1 Å². The van der Waals surface area contributed by atoms with Gasteiger partial charge in [0.15, 0.2) is 11.4 Å². The molecule has 34 heavy (non-hydrogen) atoms. The van der Waals surface area contributed by atoms with Gasteiger partial charge in [0.05, 0.1) is 12.1 Å². The van der Waals surface area contributed by atoms with Gasteiger partial charge in [0.2, 0.25) is 10.0 Å². The second-order valence-corrected chi connectivity index (χ2v) is 12.0. The molecule has 11 heteroatoms. The van der Waals surface area contributed by atoms with Crippen molar-refractivity contribution in [2.45, 2.75) is 62.8 Å². The molecule has 1 unspecified atom stereocenters. The molecule has 0 bridgehead atoms. The van der Waals surface area contributed by atoms with E-state index >= 15 is 0 Å². The summed E-state index contributed by atoms with van der Waals surface area (Å²) < 4.78 is 33.4. The Morgan fingerprint density at radius 1 is 1.38 bits per heavy atom. The number of aromatic nitrogens is 1. The first-order chi connectivity index (χ1) is 15.9. The molecule has 1 aliphatic heterocycles. The van der Waals surface area contributed by atoms with Crippen molar-refractivity contribution in [1.29, 1.82) is 0 Å². The number of carbonyl (C=O) groups excluding carboxylic acids is 2. The first-order valence-corrected chi connectivity index (χ1v) is 13.6. The number of aliphatic hydroxyl groups is 1. The number of pyridine rings is 1. The van der Waals surface area contributed by atoms with Crippen LogP contribution in [-0.4, -0.2) is 65.7 Å². The zero-order valence-corrected chi connectivity index (χ0v) is 21.3. The second-order valence-electron chi connectivity index (χ2n) is 9.23. The maximum Gasteiger partial charge on any atom is 0.324 e. The third kappa shape index (κ3) is 5.77. The number of esters is 1. The summed E-state index contributed by atoms with van der Waals surface area (Å²) in [5, 5.41) is 14.4. The van der Waals surface area contributed by atoms with Gasteiger partial charge in [-0.2, -0.15) is 4.72 Å². The van der Waals surface area contributed by atoms with Crippen molar-refractivity contribution in [3.05, 3.63) is 48.3 Å². The van der Waals surface area contributed by atoms with Crippen molar-refractivity contribution >= 4 is 33.5 Å². The molecule has 2 heterocycles. The molecule has 9 nitrogen and oxygen atoms in total. The number of Topliss-reactive ketones (excluding diaryl/α,β-unsaturated/α-hetero) is 1. The van der Waals surface area contributed by atoms with E-state index in [9.17, 15) is 23.1 Å². The fraction of sp³-hybridized carbons (Fsp3) is 0.522. The first-order valence-electron chi connectivity index (χ1n) is 11.0. The molecular formula is C23H31N3O6S2. The van der Waals surface area contributed by atoms with Gasteiger partial charge < -0.3 is 9.84 Å². The summed E-state index contributed by atoms with van der Waals surface area (Å²) in [6.45, 7) is 6.82. The van der Waals surface area contributed by atoms with E-state index in [2.05, 4.69) is 15.0 Å². The average Bonchev–Trinajstić information content (AvgIpc) is 3.30. The van der Waals surface area contributed by atoms with Crippen molar-refractivity contribution in [1.82, 2.24) is 15.0 Å². The SMILES string of the molecule is CC(C)OC(=O)[C@H](CC1=CC(C)(C)C(O)(C(=O)[C@@H]2CSCN2)C=C1)NS(=O)(=O)c1cccnc1. The number of hydrogen-bond acceptors (Lipinski definition) is 9. The van der Waals surface area contributed by atoms with Crippen LogP contribution < -0.4 is 10.0 Å². The van der Waals surface area contributed by atoms with Gasteiger partial charge in [-0.3, -0.25) is 19.9 Å². The Balaban J connectivity index is 1.85. The minimum Gasteiger partial charge on any atom is -0.462 e. The molecule has 0 aromatic carbocycles. The Hall–Kier alpha value is -2.05. The van der Waals surface area contributed by atoms with Crippen molar-refractivity contribution in [3.63, 3.8) is 0 Å². The van der Waals surface area contributed by atoms with Gasteiger partial charge >= 0.3 is 5.97 Å². The third-order valence-electron chi connectivity index (χ3n) is 5.79. The molecule has 0 radical (unpaired) electrons. The van der Waals surface area contributed by atoms with E-state index in [1.807, 2.05) is 0 Å². The van der Waals surface area contributed by atoms with Crippen LogP contribution in [0.15, 0.2) is 53.2 Å². The van der Waals surface area contributed by atoms with Gasteiger partial charge in [0, 0.05) is 29.4 Å². The van der Waals surface area contributed by atoms with Crippen molar-refractivity contribution in [2.75, 3.05) is 11.6 Å². The highest BCUT2D eigenvalue weighted by atomic mass is 32.2. The van der Waals surface area contributed by atoms with Crippen LogP contribution in [0.2, 0.25) is 0 Å². The van der Waals surface area contributed by atoms with E-state index in [1.165, 1.54) is 30.6 Å². The summed E-state index contributed by atoms with van der Waals surface area (Å²) in [5.41, 5.74) is -2.13. The predicted octanol–water partition coefficient (Wildman–Crippen LogP) is 1.56. The topological polar surface area (TPSA) is 135 Å². The maximum absolute atomic E-state index is 13.1. The van der Waals surface area contributed by atoms with E-state index in [0.717, 1.165) is 0 Å². The van der Waals surface area contributed by atoms with Crippen molar-refractivity contribution in [3.8, 4) is 0 Å². The number of rotatable bonds is 9. The van der Waals surface area contributed by atoms with Crippen molar-refractivity contribution < 1.29 is 27.9 Å². The fourth-order valence-electron chi connectivity index (χ4n) is 3.90. The average molecular weight is 510 g/mol. The first kappa shape index (κ1) is 26.6. The highest BCUT2D eigenvalue weighted by molar-refractivity contribution is 7.99. The third-order valence-corrected chi connectivity index (χ3v) is 8.19. The molecule has 3 N–H and O–H groups in total. The molecule has 0 amide bonds. The summed E-state index contributed by atoms with van der Waals surface area (Å²) in [6, 6.07) is 1.20. The molecule has 186 valence electrons. The maximum atomic E-state index is 13.1. The van der Waals surface area contributed by atoms with Crippen LogP contribution in [0, 0.1) is 5.41 Å². The fourth-order valence-corrected chi connectivity index (χ4v) is 5.99. The highest BCUT2D eigenvalue weighted by Gasteiger charge is 2.50. The molecule has 0 spiro atoms. The molecule has 1 fully saturated rings. The minimum atomic E-state index is -4.05. The zero-order valence-electron chi connectivity index (χ0n) is 19.6. The summed E-state index contributed by atoms with van der Waals surface area (Å²) in [6.07, 6.45) is 6.90. The number of carbonyl (C=O) groups is 2. The number of nitrogens with one attached hydrogen (secondary N) is 2. The minimum absolute atomic E-state index is 0.0211. The monoisotopic (exact) mass is 509 g/mol. The van der Waals surface area contributed by atoms with Gasteiger partial charge in [-0.15, -0.1) is 11.8 Å². The number of ether oxygens (including phenoxy) is 1. The molecule has 1 aromatic heterocycles. The Morgan fingerprint density at radius 3 is 2.68 bits per heavy atom. The lowest BCUT2D eigenvalue weighted by Gasteiger charge is -2.41. The Labute approximate surface area is 204 Å². The van der Waals surface area contributed by atoms with Crippen LogP contribution in [-0.2, 0) is 24.3 Å². The predicted molar refractivity (Wildman–Crippen MR) is 129 cm³/mol.